The lowest BCUT2D eigenvalue weighted by Crippen LogP contribution is -2.29. The average Bonchev–Trinajstić information content (AvgIpc) is 3.48. The van der Waals surface area contributed by atoms with Gasteiger partial charge in [-0.25, -0.2) is 9.37 Å². The highest BCUT2D eigenvalue weighted by Gasteiger charge is 2.28. The van der Waals surface area contributed by atoms with Gasteiger partial charge in [-0.15, -0.1) is 0 Å². The number of anilines is 2. The summed E-state index contributed by atoms with van der Waals surface area (Å²) in [5.74, 6) is 0.668. The first-order valence-electron chi connectivity index (χ1n) is 11.3. The highest BCUT2D eigenvalue weighted by atomic mass is 19.1. The van der Waals surface area contributed by atoms with Crippen molar-refractivity contribution in [1.29, 1.82) is 0 Å². The van der Waals surface area contributed by atoms with Gasteiger partial charge in [-0.05, 0) is 49.9 Å². The van der Waals surface area contributed by atoms with E-state index in [1.54, 1.807) is 12.3 Å². The summed E-state index contributed by atoms with van der Waals surface area (Å²) in [6.07, 6.45) is 5.53. The number of aromatic nitrogens is 1. The van der Waals surface area contributed by atoms with Gasteiger partial charge in [-0.3, -0.25) is 4.79 Å². The Morgan fingerprint density at radius 1 is 1.26 bits per heavy atom. The lowest BCUT2D eigenvalue weighted by molar-refractivity contribution is -0.122. The SMILES string of the molecule is CCCNc1nccc(N2CCC(Oc3ccc(C(C)C(=O)NC4CC4)cc3)C2)c1F. The minimum Gasteiger partial charge on any atom is -0.489 e. The molecule has 6 nitrogen and oxygen atoms in total. The molecule has 2 atom stereocenters. The van der Waals surface area contributed by atoms with E-state index >= 15 is 0 Å². The molecule has 0 radical (unpaired) electrons. The molecule has 31 heavy (non-hydrogen) atoms. The molecule has 1 amide bonds. The van der Waals surface area contributed by atoms with Gasteiger partial charge in [0.15, 0.2) is 11.6 Å². The molecule has 0 bridgehead atoms. The third-order valence-corrected chi connectivity index (χ3v) is 5.90. The van der Waals surface area contributed by atoms with E-state index in [1.165, 1.54) is 0 Å². The number of carbonyl (C=O) groups is 1. The monoisotopic (exact) mass is 426 g/mol. The van der Waals surface area contributed by atoms with E-state index in [1.807, 2.05) is 43.0 Å². The molecule has 166 valence electrons. The summed E-state index contributed by atoms with van der Waals surface area (Å²) in [5.41, 5.74) is 1.54. The number of rotatable bonds is 9. The van der Waals surface area contributed by atoms with Gasteiger partial charge in [0.1, 0.15) is 11.9 Å². The summed E-state index contributed by atoms with van der Waals surface area (Å²) in [5, 5.41) is 6.09. The van der Waals surface area contributed by atoms with Crippen LogP contribution in [0.5, 0.6) is 5.75 Å². The summed E-state index contributed by atoms with van der Waals surface area (Å²) in [6.45, 7) is 6.00. The Bertz CT molecular complexity index is 901. The van der Waals surface area contributed by atoms with Crippen LogP contribution in [0.4, 0.5) is 15.9 Å². The smallest absolute Gasteiger partial charge is 0.227 e. The third-order valence-electron chi connectivity index (χ3n) is 5.90. The standard InChI is InChI=1S/C24H31FN4O2/c1-3-12-26-23-22(25)21(10-13-27-23)29-14-11-20(15-29)31-19-8-4-17(5-9-19)16(2)24(30)28-18-6-7-18/h4-5,8-10,13,16,18,20H,3,6-7,11-12,14-15H2,1-2H3,(H,26,27)(H,28,30). The van der Waals surface area contributed by atoms with E-state index in [0.29, 0.717) is 30.6 Å². The number of pyridine rings is 1. The van der Waals surface area contributed by atoms with E-state index < -0.39 is 0 Å². The second kappa shape index (κ2) is 9.54. The normalized spacial score (nSPS) is 19.2. The first-order chi connectivity index (χ1) is 15.0. The van der Waals surface area contributed by atoms with Gasteiger partial charge in [-0.1, -0.05) is 19.1 Å². The fraction of sp³-hybridized carbons (Fsp3) is 0.500. The molecule has 1 aliphatic heterocycles. The first-order valence-corrected chi connectivity index (χ1v) is 11.3. The maximum Gasteiger partial charge on any atom is 0.227 e. The van der Waals surface area contributed by atoms with E-state index in [4.69, 9.17) is 4.74 Å². The van der Waals surface area contributed by atoms with Gasteiger partial charge in [0, 0.05) is 31.7 Å². The van der Waals surface area contributed by atoms with Crippen LogP contribution in [0.2, 0.25) is 0 Å². The molecule has 1 aromatic heterocycles. The van der Waals surface area contributed by atoms with Crippen molar-refractivity contribution in [3.8, 4) is 5.75 Å². The molecule has 2 heterocycles. The zero-order valence-electron chi connectivity index (χ0n) is 18.2. The van der Waals surface area contributed by atoms with Crippen molar-refractivity contribution in [3.05, 3.63) is 47.9 Å². The van der Waals surface area contributed by atoms with Gasteiger partial charge in [-0.2, -0.15) is 0 Å². The highest BCUT2D eigenvalue weighted by molar-refractivity contribution is 5.83. The molecule has 7 heteroatoms. The molecule has 1 saturated carbocycles. The molecule has 1 aliphatic carbocycles. The number of hydrogen-bond acceptors (Lipinski definition) is 5. The van der Waals surface area contributed by atoms with E-state index in [0.717, 1.165) is 43.5 Å². The minimum absolute atomic E-state index is 0.0129. The third kappa shape index (κ3) is 5.27. The molecular formula is C24H31FN4O2. The second-order valence-electron chi connectivity index (χ2n) is 8.47. The van der Waals surface area contributed by atoms with Gasteiger partial charge < -0.3 is 20.3 Å². The van der Waals surface area contributed by atoms with E-state index in [-0.39, 0.29) is 23.7 Å². The summed E-state index contributed by atoms with van der Waals surface area (Å²) < 4.78 is 21.0. The van der Waals surface area contributed by atoms with Crippen LogP contribution < -0.4 is 20.3 Å². The van der Waals surface area contributed by atoms with Crippen LogP contribution in [0.25, 0.3) is 0 Å². The number of hydrogen-bond donors (Lipinski definition) is 2. The minimum atomic E-state index is -0.306. The summed E-state index contributed by atoms with van der Waals surface area (Å²) in [4.78, 5) is 18.4. The second-order valence-corrected chi connectivity index (χ2v) is 8.47. The molecule has 1 saturated heterocycles. The van der Waals surface area contributed by atoms with Crippen LogP contribution in [-0.2, 0) is 4.79 Å². The maximum absolute atomic E-state index is 14.8. The first kappa shape index (κ1) is 21.4. The van der Waals surface area contributed by atoms with Crippen molar-refractivity contribution in [3.63, 3.8) is 0 Å². The maximum atomic E-state index is 14.8. The molecule has 2 N–H and O–H groups in total. The summed E-state index contributed by atoms with van der Waals surface area (Å²) in [7, 11) is 0. The van der Waals surface area contributed by atoms with Crippen molar-refractivity contribution >= 4 is 17.4 Å². The Kier molecular flexibility index (Phi) is 6.59. The van der Waals surface area contributed by atoms with Gasteiger partial charge in [0.05, 0.1) is 18.2 Å². The predicted octanol–water partition coefficient (Wildman–Crippen LogP) is 4.08. The Balaban J connectivity index is 1.33. The molecule has 0 spiro atoms. The number of carbonyl (C=O) groups excluding carboxylic acids is 1. The van der Waals surface area contributed by atoms with Crippen molar-refractivity contribution in [2.24, 2.45) is 0 Å². The molecule has 1 aromatic carbocycles. The van der Waals surface area contributed by atoms with Crippen molar-refractivity contribution in [2.45, 2.75) is 57.6 Å². The molecule has 2 aliphatic rings. The Hall–Kier alpha value is -2.83. The van der Waals surface area contributed by atoms with Crippen LogP contribution >= 0.6 is 0 Å². The van der Waals surface area contributed by atoms with Crippen LogP contribution in [-0.4, -0.2) is 42.7 Å². The van der Waals surface area contributed by atoms with Gasteiger partial charge in [0.25, 0.3) is 0 Å². The zero-order valence-corrected chi connectivity index (χ0v) is 18.2. The fourth-order valence-corrected chi connectivity index (χ4v) is 3.82. The summed E-state index contributed by atoms with van der Waals surface area (Å²) in [6, 6.07) is 9.82. The van der Waals surface area contributed by atoms with Crippen molar-refractivity contribution in [1.82, 2.24) is 10.3 Å². The zero-order chi connectivity index (χ0) is 21.8. The van der Waals surface area contributed by atoms with Crippen LogP contribution in [0, 0.1) is 5.82 Å². The van der Waals surface area contributed by atoms with Crippen molar-refractivity contribution in [2.75, 3.05) is 29.9 Å². The lowest BCUT2D eigenvalue weighted by atomic mass is 10.0. The van der Waals surface area contributed by atoms with Gasteiger partial charge >= 0.3 is 0 Å². The average molecular weight is 427 g/mol. The largest absolute Gasteiger partial charge is 0.489 e. The number of ether oxygens (including phenoxy) is 1. The molecule has 2 fully saturated rings. The topological polar surface area (TPSA) is 66.5 Å². The quantitative estimate of drug-likeness (QED) is 0.632. The molecule has 4 rings (SSSR count). The Morgan fingerprint density at radius 3 is 2.74 bits per heavy atom. The van der Waals surface area contributed by atoms with E-state index in [2.05, 4.69) is 15.6 Å². The Morgan fingerprint density at radius 2 is 2.03 bits per heavy atom. The lowest BCUT2D eigenvalue weighted by Gasteiger charge is -2.21. The Labute approximate surface area is 183 Å². The fourth-order valence-electron chi connectivity index (χ4n) is 3.82. The number of halogens is 1. The summed E-state index contributed by atoms with van der Waals surface area (Å²) >= 11 is 0. The van der Waals surface area contributed by atoms with Crippen LogP contribution in [0.1, 0.15) is 51.0 Å². The number of benzene rings is 1. The number of amides is 1. The molecule has 2 unspecified atom stereocenters. The van der Waals surface area contributed by atoms with Gasteiger partial charge in [0.2, 0.25) is 5.91 Å². The number of nitrogens with one attached hydrogen (secondary N) is 2. The highest BCUT2D eigenvalue weighted by Crippen LogP contribution is 2.29. The number of nitrogens with zero attached hydrogens (tertiary/aromatic N) is 2. The predicted molar refractivity (Wildman–Crippen MR) is 120 cm³/mol. The van der Waals surface area contributed by atoms with E-state index in [9.17, 15) is 9.18 Å². The van der Waals surface area contributed by atoms with Crippen LogP contribution in [0.3, 0.4) is 0 Å². The molecular weight excluding hydrogens is 395 g/mol. The van der Waals surface area contributed by atoms with Crippen LogP contribution in [0.15, 0.2) is 36.5 Å². The van der Waals surface area contributed by atoms with Crippen molar-refractivity contribution < 1.29 is 13.9 Å². The molecule has 2 aromatic rings.